The minimum atomic E-state index is -4.74. The van der Waals surface area contributed by atoms with Crippen LogP contribution in [0.15, 0.2) is 41.4 Å². The van der Waals surface area contributed by atoms with Crippen LogP contribution >= 0.6 is 11.3 Å². The van der Waals surface area contributed by atoms with Crippen LogP contribution in [0.5, 0.6) is 5.75 Å². The Balaban J connectivity index is 1.80. The molecule has 5 nitrogen and oxygen atoms in total. The number of amides is 1. The Morgan fingerprint density at radius 1 is 1.19 bits per heavy atom. The van der Waals surface area contributed by atoms with Crippen molar-refractivity contribution < 1.29 is 22.7 Å². The molecule has 0 spiro atoms. The van der Waals surface area contributed by atoms with Gasteiger partial charge in [0.05, 0.1) is 12.5 Å². The number of nitrogens with zero attached hydrogens (tertiary/aromatic N) is 2. The summed E-state index contributed by atoms with van der Waals surface area (Å²) in [4.78, 5) is 17.7. The number of carbonyl (C=O) groups is 1. The minimum Gasteiger partial charge on any atom is -0.406 e. The average molecular weight is 393 g/mol. The molecule has 9 heteroatoms. The van der Waals surface area contributed by atoms with Crippen LogP contribution in [0.1, 0.15) is 18.0 Å². The molecule has 0 aliphatic carbocycles. The quantitative estimate of drug-likeness (QED) is 0.711. The molecule has 0 radical (unpaired) electrons. The van der Waals surface area contributed by atoms with E-state index in [1.165, 1.54) is 28.4 Å². The molecule has 3 aromatic rings. The number of nitrogens with two attached hydrogens (primary N) is 1. The standard InChI is InChI=1S/C18H14F3N3O2S/c1-24-16(25)8-13(23-17(24)22)9-2-4-14-11(6-9)12-7-10(26-18(19,20)21)3-5-15(12)27-14/h2-7,13H,8H2,1H3,(H2,22,23). The lowest BCUT2D eigenvalue weighted by Gasteiger charge is -2.25. The average Bonchev–Trinajstić information content (AvgIpc) is 2.95. The fourth-order valence-electron chi connectivity index (χ4n) is 3.09. The normalized spacial score (nSPS) is 18.2. The van der Waals surface area contributed by atoms with Gasteiger partial charge in [0.15, 0.2) is 5.96 Å². The van der Waals surface area contributed by atoms with Gasteiger partial charge < -0.3 is 10.5 Å². The van der Waals surface area contributed by atoms with E-state index in [-0.39, 0.29) is 24.0 Å². The van der Waals surface area contributed by atoms with Crippen molar-refractivity contribution in [3.63, 3.8) is 0 Å². The highest BCUT2D eigenvalue weighted by Crippen LogP contribution is 2.39. The Labute approximate surface area is 155 Å². The van der Waals surface area contributed by atoms with Gasteiger partial charge in [-0.25, -0.2) is 4.99 Å². The van der Waals surface area contributed by atoms with Gasteiger partial charge in [-0.1, -0.05) is 6.07 Å². The predicted molar refractivity (Wildman–Crippen MR) is 97.8 cm³/mol. The van der Waals surface area contributed by atoms with Gasteiger partial charge in [-0.3, -0.25) is 9.69 Å². The van der Waals surface area contributed by atoms with Crippen LogP contribution in [0.2, 0.25) is 0 Å². The Hall–Kier alpha value is -2.81. The Bertz CT molecular complexity index is 1090. The van der Waals surface area contributed by atoms with Gasteiger partial charge in [0, 0.05) is 27.2 Å². The zero-order valence-corrected chi connectivity index (χ0v) is 14.9. The van der Waals surface area contributed by atoms with E-state index in [4.69, 9.17) is 5.73 Å². The number of guanidine groups is 1. The summed E-state index contributed by atoms with van der Waals surface area (Å²) < 4.78 is 43.3. The van der Waals surface area contributed by atoms with Gasteiger partial charge in [-0.15, -0.1) is 24.5 Å². The first kappa shape index (κ1) is 17.6. The molecule has 0 saturated heterocycles. The number of thiophene rings is 1. The van der Waals surface area contributed by atoms with Gasteiger partial charge in [0.2, 0.25) is 5.91 Å². The third-order valence-electron chi connectivity index (χ3n) is 4.46. The number of carbonyl (C=O) groups excluding carboxylic acids is 1. The summed E-state index contributed by atoms with van der Waals surface area (Å²) in [5, 5.41) is 1.45. The lowest BCUT2D eigenvalue weighted by Crippen LogP contribution is -2.42. The van der Waals surface area contributed by atoms with Crippen LogP contribution in [0.3, 0.4) is 0 Å². The fourth-order valence-corrected chi connectivity index (χ4v) is 4.16. The van der Waals surface area contributed by atoms with E-state index in [1.54, 1.807) is 13.1 Å². The number of fused-ring (bicyclic) bond motifs is 3. The first-order chi connectivity index (χ1) is 12.7. The van der Waals surface area contributed by atoms with Gasteiger partial charge in [-0.05, 0) is 35.9 Å². The maximum atomic E-state index is 12.5. The largest absolute Gasteiger partial charge is 0.573 e. The molecule has 140 valence electrons. The van der Waals surface area contributed by atoms with E-state index in [1.807, 2.05) is 18.2 Å². The summed E-state index contributed by atoms with van der Waals surface area (Å²) in [5.74, 6) is -0.257. The Morgan fingerprint density at radius 2 is 1.85 bits per heavy atom. The SMILES string of the molecule is CN1C(=O)CC(c2ccc3sc4ccc(OC(F)(F)F)cc4c3c2)N=C1N. The molecule has 1 aliphatic heterocycles. The van der Waals surface area contributed by atoms with Gasteiger partial charge >= 0.3 is 6.36 Å². The lowest BCUT2D eigenvalue weighted by atomic mass is 10.00. The van der Waals surface area contributed by atoms with Gasteiger partial charge in [0.25, 0.3) is 0 Å². The number of benzene rings is 2. The van der Waals surface area contributed by atoms with Crippen LogP contribution in [0.4, 0.5) is 13.2 Å². The second-order valence-corrected chi connectivity index (χ2v) is 7.31. The molecule has 1 aromatic heterocycles. The lowest BCUT2D eigenvalue weighted by molar-refractivity contribution is -0.274. The highest BCUT2D eigenvalue weighted by molar-refractivity contribution is 7.25. The monoisotopic (exact) mass is 393 g/mol. The third kappa shape index (κ3) is 3.30. The van der Waals surface area contributed by atoms with E-state index in [0.29, 0.717) is 5.39 Å². The molecular weight excluding hydrogens is 379 g/mol. The first-order valence-electron chi connectivity index (χ1n) is 8.03. The summed E-state index contributed by atoms with van der Waals surface area (Å²) in [6, 6.07) is 9.47. The van der Waals surface area contributed by atoms with Gasteiger partial charge in [0.1, 0.15) is 5.75 Å². The third-order valence-corrected chi connectivity index (χ3v) is 5.61. The Morgan fingerprint density at radius 3 is 2.52 bits per heavy atom. The topological polar surface area (TPSA) is 67.9 Å². The fraction of sp³-hybridized carbons (Fsp3) is 0.222. The summed E-state index contributed by atoms with van der Waals surface area (Å²) in [5.41, 5.74) is 6.58. The zero-order valence-electron chi connectivity index (χ0n) is 14.1. The molecule has 1 aliphatic rings. The highest BCUT2D eigenvalue weighted by atomic mass is 32.1. The number of alkyl halides is 3. The molecule has 27 heavy (non-hydrogen) atoms. The molecular formula is C18H14F3N3O2S. The minimum absolute atomic E-state index is 0.136. The Kier molecular flexibility index (Phi) is 3.99. The number of ether oxygens (including phenoxy) is 1. The van der Waals surface area contributed by atoms with Crippen molar-refractivity contribution in [1.29, 1.82) is 0 Å². The molecule has 1 unspecified atom stereocenters. The van der Waals surface area contributed by atoms with Crippen molar-refractivity contribution in [3.05, 3.63) is 42.0 Å². The molecule has 0 fully saturated rings. The van der Waals surface area contributed by atoms with Crippen molar-refractivity contribution in [2.24, 2.45) is 10.7 Å². The zero-order chi connectivity index (χ0) is 19.3. The second-order valence-electron chi connectivity index (χ2n) is 6.22. The molecule has 2 N–H and O–H groups in total. The predicted octanol–water partition coefficient (Wildman–Crippen LogP) is 4.17. The number of halogens is 3. The summed E-state index contributed by atoms with van der Waals surface area (Å²) in [6.07, 6.45) is -4.56. The number of hydrogen-bond acceptors (Lipinski definition) is 5. The van der Waals surface area contributed by atoms with E-state index in [2.05, 4.69) is 9.73 Å². The van der Waals surface area contributed by atoms with Crippen molar-refractivity contribution in [1.82, 2.24) is 4.90 Å². The van der Waals surface area contributed by atoms with E-state index in [0.717, 1.165) is 20.3 Å². The molecule has 0 bridgehead atoms. The highest BCUT2D eigenvalue weighted by Gasteiger charge is 2.31. The van der Waals surface area contributed by atoms with Crippen LogP contribution in [-0.2, 0) is 4.79 Å². The van der Waals surface area contributed by atoms with Crippen LogP contribution in [0.25, 0.3) is 20.2 Å². The van der Waals surface area contributed by atoms with E-state index < -0.39 is 12.4 Å². The van der Waals surface area contributed by atoms with E-state index >= 15 is 0 Å². The smallest absolute Gasteiger partial charge is 0.406 e. The summed E-state index contributed by atoms with van der Waals surface area (Å²) >= 11 is 1.47. The van der Waals surface area contributed by atoms with Crippen LogP contribution in [0, 0.1) is 0 Å². The summed E-state index contributed by atoms with van der Waals surface area (Å²) in [7, 11) is 1.56. The molecule has 0 saturated carbocycles. The van der Waals surface area contributed by atoms with Crippen molar-refractivity contribution in [2.45, 2.75) is 18.8 Å². The van der Waals surface area contributed by atoms with E-state index in [9.17, 15) is 18.0 Å². The first-order valence-corrected chi connectivity index (χ1v) is 8.85. The van der Waals surface area contributed by atoms with Crippen LogP contribution in [-0.4, -0.2) is 30.2 Å². The maximum Gasteiger partial charge on any atom is 0.573 e. The maximum absolute atomic E-state index is 12.5. The number of rotatable bonds is 2. The van der Waals surface area contributed by atoms with Gasteiger partial charge in [-0.2, -0.15) is 0 Å². The van der Waals surface area contributed by atoms with Crippen LogP contribution < -0.4 is 10.5 Å². The number of aliphatic imine (C=N–C) groups is 1. The molecule has 1 atom stereocenters. The van der Waals surface area contributed by atoms with Crippen molar-refractivity contribution in [2.75, 3.05) is 7.05 Å². The molecule has 4 rings (SSSR count). The summed E-state index contributed by atoms with van der Waals surface area (Å²) in [6.45, 7) is 0. The number of hydrogen-bond donors (Lipinski definition) is 1. The molecule has 2 heterocycles. The molecule has 2 aromatic carbocycles. The molecule has 1 amide bonds. The second kappa shape index (κ2) is 6.12. The van der Waals surface area contributed by atoms with Crippen molar-refractivity contribution in [3.8, 4) is 5.75 Å². The van der Waals surface area contributed by atoms with Crippen molar-refractivity contribution >= 4 is 43.4 Å².